The summed E-state index contributed by atoms with van der Waals surface area (Å²) in [7, 11) is -3.77. The van der Waals surface area contributed by atoms with Crippen molar-refractivity contribution < 1.29 is 17.9 Å². The second-order valence-corrected chi connectivity index (χ2v) is 6.81. The van der Waals surface area contributed by atoms with Crippen molar-refractivity contribution >= 4 is 10.0 Å². The number of nitrogens with one attached hydrogen (secondary N) is 1. The average Bonchev–Trinajstić information content (AvgIpc) is 2.46. The molecule has 2 N–H and O–H groups in total. The molecule has 0 aliphatic carbocycles. The first-order valence-electron chi connectivity index (χ1n) is 7.40. The third-order valence-electron chi connectivity index (χ3n) is 3.31. The van der Waals surface area contributed by atoms with Gasteiger partial charge in [-0.3, -0.25) is 0 Å². The van der Waals surface area contributed by atoms with E-state index in [-0.39, 0.29) is 10.5 Å². The van der Waals surface area contributed by atoms with E-state index >= 15 is 0 Å². The maximum atomic E-state index is 13.2. The van der Waals surface area contributed by atoms with E-state index in [1.807, 2.05) is 0 Å². The minimum atomic E-state index is -3.77. The van der Waals surface area contributed by atoms with Crippen molar-refractivity contribution in [1.82, 2.24) is 4.72 Å². The molecule has 0 aliphatic heterocycles. The zero-order chi connectivity index (χ0) is 15.7. The highest BCUT2D eigenvalue weighted by atomic mass is 32.2. The Morgan fingerprint density at radius 2 is 1.81 bits per heavy atom. The lowest BCUT2D eigenvalue weighted by molar-refractivity contribution is 0.278. The van der Waals surface area contributed by atoms with Gasteiger partial charge in [0.25, 0.3) is 0 Å². The van der Waals surface area contributed by atoms with E-state index in [0.29, 0.717) is 6.54 Å². The Hall–Kier alpha value is -0.980. The van der Waals surface area contributed by atoms with E-state index in [0.717, 1.165) is 31.4 Å². The maximum absolute atomic E-state index is 13.2. The smallest absolute Gasteiger partial charge is 0.241 e. The lowest BCUT2D eigenvalue weighted by atomic mass is 10.1. The molecule has 0 aromatic heterocycles. The van der Waals surface area contributed by atoms with E-state index < -0.39 is 22.4 Å². The van der Waals surface area contributed by atoms with Crippen LogP contribution in [0.2, 0.25) is 0 Å². The van der Waals surface area contributed by atoms with Gasteiger partial charge in [0.1, 0.15) is 5.82 Å². The van der Waals surface area contributed by atoms with Gasteiger partial charge in [-0.1, -0.05) is 45.1 Å². The quantitative estimate of drug-likeness (QED) is 0.652. The SMILES string of the molecule is CCCCCCCCNS(=O)(=O)c1cc(F)ccc1CO. The molecule has 0 amide bonds. The van der Waals surface area contributed by atoms with Crippen LogP contribution in [0.15, 0.2) is 23.1 Å². The van der Waals surface area contributed by atoms with E-state index in [1.165, 1.54) is 25.3 Å². The Morgan fingerprint density at radius 1 is 1.14 bits per heavy atom. The monoisotopic (exact) mass is 317 g/mol. The molecular weight excluding hydrogens is 293 g/mol. The summed E-state index contributed by atoms with van der Waals surface area (Å²) < 4.78 is 39.9. The third-order valence-corrected chi connectivity index (χ3v) is 4.85. The van der Waals surface area contributed by atoms with Crippen molar-refractivity contribution in [3.05, 3.63) is 29.6 Å². The van der Waals surface area contributed by atoms with Crippen LogP contribution in [-0.4, -0.2) is 20.1 Å². The molecular formula is C15H24FNO3S. The Balaban J connectivity index is 2.52. The number of aliphatic hydroxyl groups excluding tert-OH is 1. The summed E-state index contributed by atoms with van der Waals surface area (Å²) in [5, 5.41) is 9.15. The van der Waals surface area contributed by atoms with Gasteiger partial charge in [0.05, 0.1) is 11.5 Å². The van der Waals surface area contributed by atoms with E-state index in [4.69, 9.17) is 5.11 Å². The van der Waals surface area contributed by atoms with Crippen molar-refractivity contribution in [2.45, 2.75) is 57.0 Å². The molecule has 0 spiro atoms. The van der Waals surface area contributed by atoms with Crippen LogP contribution in [0.25, 0.3) is 0 Å². The second-order valence-electron chi connectivity index (χ2n) is 5.08. The normalized spacial score (nSPS) is 11.8. The fourth-order valence-corrected chi connectivity index (χ4v) is 3.41. The van der Waals surface area contributed by atoms with Crippen molar-refractivity contribution in [3.8, 4) is 0 Å². The molecule has 0 fully saturated rings. The van der Waals surface area contributed by atoms with Gasteiger partial charge >= 0.3 is 0 Å². The summed E-state index contributed by atoms with van der Waals surface area (Å²) in [6.45, 7) is 2.04. The molecule has 0 bridgehead atoms. The molecule has 0 saturated carbocycles. The number of hydrogen-bond donors (Lipinski definition) is 2. The van der Waals surface area contributed by atoms with Gasteiger partial charge < -0.3 is 5.11 Å². The van der Waals surface area contributed by atoms with Crippen molar-refractivity contribution in [2.75, 3.05) is 6.54 Å². The van der Waals surface area contributed by atoms with Gasteiger partial charge in [-0.15, -0.1) is 0 Å². The summed E-state index contributed by atoms with van der Waals surface area (Å²) in [6, 6.07) is 3.36. The first-order chi connectivity index (χ1) is 10.0. The molecule has 0 saturated heterocycles. The first kappa shape index (κ1) is 18.1. The molecule has 0 unspecified atom stereocenters. The lowest BCUT2D eigenvalue weighted by Crippen LogP contribution is -2.26. The Labute approximate surface area is 126 Å². The van der Waals surface area contributed by atoms with Crippen LogP contribution in [-0.2, 0) is 16.6 Å². The van der Waals surface area contributed by atoms with Gasteiger partial charge in [-0.05, 0) is 24.1 Å². The molecule has 1 rings (SSSR count). The summed E-state index contributed by atoms with van der Waals surface area (Å²) in [5.74, 6) is -0.632. The fraction of sp³-hybridized carbons (Fsp3) is 0.600. The van der Waals surface area contributed by atoms with Crippen LogP contribution in [0.3, 0.4) is 0 Å². The minimum Gasteiger partial charge on any atom is -0.392 e. The van der Waals surface area contributed by atoms with Crippen LogP contribution in [0.1, 0.15) is 51.0 Å². The predicted octanol–water partition coefficient (Wildman–Crippen LogP) is 2.96. The van der Waals surface area contributed by atoms with Crippen molar-refractivity contribution in [3.63, 3.8) is 0 Å². The number of benzene rings is 1. The number of hydrogen-bond acceptors (Lipinski definition) is 3. The minimum absolute atomic E-state index is 0.184. The highest BCUT2D eigenvalue weighted by Gasteiger charge is 2.18. The molecule has 1 aromatic rings. The molecule has 6 heteroatoms. The highest BCUT2D eigenvalue weighted by molar-refractivity contribution is 7.89. The molecule has 0 radical (unpaired) electrons. The fourth-order valence-electron chi connectivity index (χ4n) is 2.10. The number of aliphatic hydroxyl groups is 1. The molecule has 0 aliphatic rings. The van der Waals surface area contributed by atoms with E-state index in [1.54, 1.807) is 0 Å². The molecule has 21 heavy (non-hydrogen) atoms. The van der Waals surface area contributed by atoms with Gasteiger partial charge in [0, 0.05) is 6.54 Å². The predicted molar refractivity (Wildman–Crippen MR) is 80.9 cm³/mol. The zero-order valence-electron chi connectivity index (χ0n) is 12.4. The molecule has 0 heterocycles. The maximum Gasteiger partial charge on any atom is 0.241 e. The van der Waals surface area contributed by atoms with Crippen LogP contribution >= 0.6 is 0 Å². The summed E-state index contributed by atoms with van der Waals surface area (Å²) in [6.07, 6.45) is 6.37. The number of rotatable bonds is 10. The summed E-state index contributed by atoms with van der Waals surface area (Å²) >= 11 is 0. The molecule has 4 nitrogen and oxygen atoms in total. The van der Waals surface area contributed by atoms with E-state index in [2.05, 4.69) is 11.6 Å². The standard InChI is InChI=1S/C15H24FNO3S/c1-2-3-4-5-6-7-10-17-21(19,20)15-11-14(16)9-8-13(15)12-18/h8-9,11,17-18H,2-7,10,12H2,1H3. The number of halogens is 1. The Bertz CT molecular complexity index is 532. The lowest BCUT2D eigenvalue weighted by Gasteiger charge is -2.10. The highest BCUT2D eigenvalue weighted by Crippen LogP contribution is 2.17. The van der Waals surface area contributed by atoms with Gasteiger partial charge in [0.2, 0.25) is 10.0 Å². The summed E-state index contributed by atoms with van der Waals surface area (Å²) in [5.41, 5.74) is 0.201. The number of sulfonamides is 1. The summed E-state index contributed by atoms with van der Waals surface area (Å²) in [4.78, 5) is -0.184. The topological polar surface area (TPSA) is 66.4 Å². The third kappa shape index (κ3) is 6.11. The van der Waals surface area contributed by atoms with Crippen LogP contribution < -0.4 is 4.72 Å². The molecule has 0 atom stereocenters. The molecule has 1 aromatic carbocycles. The van der Waals surface area contributed by atoms with Crippen molar-refractivity contribution in [2.24, 2.45) is 0 Å². The second kappa shape index (κ2) is 9.12. The number of unbranched alkanes of at least 4 members (excludes halogenated alkanes) is 5. The zero-order valence-corrected chi connectivity index (χ0v) is 13.3. The molecule has 120 valence electrons. The first-order valence-corrected chi connectivity index (χ1v) is 8.88. The van der Waals surface area contributed by atoms with Crippen LogP contribution in [0.5, 0.6) is 0 Å². The largest absolute Gasteiger partial charge is 0.392 e. The van der Waals surface area contributed by atoms with Crippen LogP contribution in [0.4, 0.5) is 4.39 Å². The van der Waals surface area contributed by atoms with Crippen LogP contribution in [0, 0.1) is 5.82 Å². The Kier molecular flexibility index (Phi) is 7.85. The van der Waals surface area contributed by atoms with Gasteiger partial charge in [-0.25, -0.2) is 17.5 Å². The van der Waals surface area contributed by atoms with E-state index in [9.17, 15) is 12.8 Å². The van der Waals surface area contributed by atoms with Gasteiger partial charge in [0.15, 0.2) is 0 Å². The average molecular weight is 317 g/mol. The van der Waals surface area contributed by atoms with Crippen molar-refractivity contribution in [1.29, 1.82) is 0 Å². The Morgan fingerprint density at radius 3 is 2.48 bits per heavy atom. The van der Waals surface area contributed by atoms with Gasteiger partial charge in [-0.2, -0.15) is 0 Å².